The van der Waals surface area contributed by atoms with Crippen LogP contribution in [0, 0.1) is 6.92 Å². The molecule has 1 amide bonds. The summed E-state index contributed by atoms with van der Waals surface area (Å²) in [7, 11) is 3.11. The zero-order valence-corrected chi connectivity index (χ0v) is 13.7. The van der Waals surface area contributed by atoms with Gasteiger partial charge >= 0.3 is 0 Å². The molecule has 0 spiro atoms. The molecule has 0 fully saturated rings. The fourth-order valence-corrected chi connectivity index (χ4v) is 2.44. The number of amides is 1. The fraction of sp³-hybridized carbons (Fsp3) is 0.167. The van der Waals surface area contributed by atoms with Crippen molar-refractivity contribution >= 4 is 22.5 Å². The van der Waals surface area contributed by atoms with E-state index in [-0.39, 0.29) is 5.91 Å². The molecule has 2 aromatic heterocycles. The Balaban J connectivity index is 1.97. The first-order chi connectivity index (χ1) is 11.6. The van der Waals surface area contributed by atoms with Gasteiger partial charge in [-0.3, -0.25) is 14.8 Å². The molecule has 0 atom stereocenters. The molecule has 122 valence electrons. The van der Waals surface area contributed by atoms with E-state index in [1.807, 2.05) is 6.07 Å². The van der Waals surface area contributed by atoms with Crippen molar-refractivity contribution in [3.05, 3.63) is 54.0 Å². The van der Waals surface area contributed by atoms with Crippen LogP contribution in [0.2, 0.25) is 0 Å². The minimum absolute atomic E-state index is 0.266. The summed E-state index contributed by atoms with van der Waals surface area (Å²) >= 11 is 0. The Morgan fingerprint density at radius 3 is 2.71 bits per heavy atom. The number of nitrogens with one attached hydrogen (secondary N) is 1. The Hall–Kier alpha value is -3.15. The van der Waals surface area contributed by atoms with Crippen molar-refractivity contribution in [3.63, 3.8) is 0 Å². The van der Waals surface area contributed by atoms with E-state index >= 15 is 0 Å². The largest absolute Gasteiger partial charge is 0.497 e. The van der Waals surface area contributed by atoms with E-state index in [2.05, 4.69) is 15.3 Å². The maximum atomic E-state index is 12.7. The van der Waals surface area contributed by atoms with Gasteiger partial charge < -0.3 is 14.8 Å². The van der Waals surface area contributed by atoms with Gasteiger partial charge in [-0.05, 0) is 31.2 Å². The third-order valence-electron chi connectivity index (χ3n) is 3.71. The number of methoxy groups -OCH3 is 2. The maximum absolute atomic E-state index is 12.7. The molecule has 3 rings (SSSR count). The van der Waals surface area contributed by atoms with Gasteiger partial charge in [0.2, 0.25) is 0 Å². The van der Waals surface area contributed by atoms with Gasteiger partial charge in [-0.2, -0.15) is 0 Å². The van der Waals surface area contributed by atoms with Gasteiger partial charge in [0.15, 0.2) is 0 Å². The van der Waals surface area contributed by atoms with Crippen LogP contribution in [0.25, 0.3) is 10.9 Å². The van der Waals surface area contributed by atoms with Crippen molar-refractivity contribution in [1.82, 2.24) is 9.97 Å². The number of aromatic nitrogens is 2. The summed E-state index contributed by atoms with van der Waals surface area (Å²) in [5, 5.41) is 3.66. The zero-order valence-electron chi connectivity index (χ0n) is 13.7. The molecule has 1 N–H and O–H groups in total. The summed E-state index contributed by atoms with van der Waals surface area (Å²) in [4.78, 5) is 21.2. The summed E-state index contributed by atoms with van der Waals surface area (Å²) in [6.45, 7) is 1.80. The van der Waals surface area contributed by atoms with E-state index in [4.69, 9.17) is 9.47 Å². The van der Waals surface area contributed by atoms with Crippen LogP contribution < -0.4 is 14.8 Å². The number of carbonyl (C=O) groups excluding carboxylic acids is 1. The predicted octanol–water partition coefficient (Wildman–Crippen LogP) is 3.21. The van der Waals surface area contributed by atoms with Crippen LogP contribution in [0.15, 0.2) is 42.7 Å². The molecule has 3 aromatic rings. The van der Waals surface area contributed by atoms with Gasteiger partial charge in [0.1, 0.15) is 11.5 Å². The van der Waals surface area contributed by atoms with Crippen LogP contribution in [-0.4, -0.2) is 30.1 Å². The van der Waals surface area contributed by atoms with E-state index in [9.17, 15) is 4.79 Å². The fourth-order valence-electron chi connectivity index (χ4n) is 2.44. The van der Waals surface area contributed by atoms with Gasteiger partial charge in [0.05, 0.1) is 36.7 Å². The molecule has 6 nitrogen and oxygen atoms in total. The second-order valence-corrected chi connectivity index (χ2v) is 5.21. The first-order valence-electron chi connectivity index (χ1n) is 7.37. The van der Waals surface area contributed by atoms with Crippen molar-refractivity contribution < 1.29 is 14.3 Å². The normalized spacial score (nSPS) is 10.5. The number of aryl methyl sites for hydroxylation is 1. The molecule has 0 radical (unpaired) electrons. The predicted molar refractivity (Wildman–Crippen MR) is 91.8 cm³/mol. The van der Waals surface area contributed by atoms with E-state index in [0.717, 1.165) is 10.9 Å². The number of nitrogens with zero attached hydrogens (tertiary/aromatic N) is 2. The molecule has 0 unspecified atom stereocenters. The van der Waals surface area contributed by atoms with Crippen molar-refractivity contribution in [2.45, 2.75) is 6.92 Å². The average Bonchev–Trinajstić information content (AvgIpc) is 2.60. The number of fused-ring (bicyclic) bond motifs is 1. The molecule has 6 heteroatoms. The topological polar surface area (TPSA) is 73.3 Å². The maximum Gasteiger partial charge on any atom is 0.257 e. The molecular weight excluding hydrogens is 306 g/mol. The first-order valence-corrected chi connectivity index (χ1v) is 7.37. The van der Waals surface area contributed by atoms with E-state index in [1.54, 1.807) is 57.8 Å². The molecule has 2 heterocycles. The summed E-state index contributed by atoms with van der Waals surface area (Å²) in [5.41, 5.74) is 2.47. The Labute approximate surface area is 139 Å². The highest BCUT2D eigenvalue weighted by Crippen LogP contribution is 2.29. The summed E-state index contributed by atoms with van der Waals surface area (Å²) in [6.07, 6.45) is 3.36. The number of hydrogen-bond acceptors (Lipinski definition) is 5. The van der Waals surface area contributed by atoms with Crippen LogP contribution in [0.1, 0.15) is 16.1 Å². The highest BCUT2D eigenvalue weighted by atomic mass is 16.5. The molecule has 0 saturated carbocycles. The van der Waals surface area contributed by atoms with Gasteiger partial charge in [-0.15, -0.1) is 0 Å². The lowest BCUT2D eigenvalue weighted by Crippen LogP contribution is -2.15. The second-order valence-electron chi connectivity index (χ2n) is 5.21. The monoisotopic (exact) mass is 323 g/mol. The molecule has 0 aliphatic heterocycles. The number of hydrogen-bond donors (Lipinski definition) is 1. The van der Waals surface area contributed by atoms with Crippen LogP contribution >= 0.6 is 0 Å². The van der Waals surface area contributed by atoms with Gasteiger partial charge in [0.25, 0.3) is 5.91 Å². The first kappa shape index (κ1) is 15.7. The lowest BCUT2D eigenvalue weighted by atomic mass is 10.1. The van der Waals surface area contributed by atoms with Crippen molar-refractivity contribution in [3.8, 4) is 11.5 Å². The van der Waals surface area contributed by atoms with Gasteiger partial charge in [-0.1, -0.05) is 0 Å². The average molecular weight is 323 g/mol. The number of rotatable bonds is 4. The lowest BCUT2D eigenvalue weighted by molar-refractivity contribution is 0.102. The third kappa shape index (κ3) is 2.99. The molecule has 1 aromatic carbocycles. The number of ether oxygens (including phenoxy) is 2. The van der Waals surface area contributed by atoms with E-state index in [1.165, 1.54) is 0 Å². The molecule has 0 saturated heterocycles. The molecule has 0 aliphatic carbocycles. The Morgan fingerprint density at radius 2 is 1.96 bits per heavy atom. The number of carbonyl (C=O) groups is 1. The Kier molecular flexibility index (Phi) is 4.29. The van der Waals surface area contributed by atoms with Crippen LogP contribution in [-0.2, 0) is 0 Å². The SMILES string of the molecule is COc1ccc(OC)c(NC(=O)c2cc3cnccc3nc2C)c1. The molecular formula is C18H17N3O3. The minimum atomic E-state index is -0.266. The summed E-state index contributed by atoms with van der Waals surface area (Å²) in [5.74, 6) is 0.915. The van der Waals surface area contributed by atoms with E-state index in [0.29, 0.717) is 28.4 Å². The molecule has 0 aliphatic rings. The quantitative estimate of drug-likeness (QED) is 0.798. The Morgan fingerprint density at radius 1 is 1.12 bits per heavy atom. The van der Waals surface area contributed by atoms with Crippen LogP contribution in [0.5, 0.6) is 11.5 Å². The summed E-state index contributed by atoms with van der Waals surface area (Å²) < 4.78 is 10.5. The van der Waals surface area contributed by atoms with Crippen molar-refractivity contribution in [2.75, 3.05) is 19.5 Å². The minimum Gasteiger partial charge on any atom is -0.497 e. The van der Waals surface area contributed by atoms with Crippen LogP contribution in [0.3, 0.4) is 0 Å². The lowest BCUT2D eigenvalue weighted by Gasteiger charge is -2.13. The second kappa shape index (κ2) is 6.54. The van der Waals surface area contributed by atoms with Crippen LogP contribution in [0.4, 0.5) is 5.69 Å². The van der Waals surface area contributed by atoms with E-state index < -0.39 is 0 Å². The summed E-state index contributed by atoms with van der Waals surface area (Å²) in [6, 6.07) is 8.82. The third-order valence-corrected chi connectivity index (χ3v) is 3.71. The Bertz CT molecular complexity index is 909. The van der Waals surface area contributed by atoms with Gasteiger partial charge in [-0.25, -0.2) is 0 Å². The van der Waals surface area contributed by atoms with Crippen molar-refractivity contribution in [2.24, 2.45) is 0 Å². The highest BCUT2D eigenvalue weighted by Gasteiger charge is 2.15. The number of pyridine rings is 2. The highest BCUT2D eigenvalue weighted by molar-refractivity contribution is 6.07. The smallest absolute Gasteiger partial charge is 0.257 e. The van der Waals surface area contributed by atoms with Gasteiger partial charge in [0, 0.05) is 23.8 Å². The molecule has 0 bridgehead atoms. The number of benzene rings is 1. The van der Waals surface area contributed by atoms with Crippen molar-refractivity contribution in [1.29, 1.82) is 0 Å². The number of anilines is 1. The zero-order chi connectivity index (χ0) is 17.1. The standard InChI is InChI=1S/C18H17N3O3/c1-11-14(8-12-10-19-7-6-15(12)20-11)18(22)21-16-9-13(23-2)4-5-17(16)24-3/h4-10H,1-3H3,(H,21,22). The molecule has 24 heavy (non-hydrogen) atoms.